The highest BCUT2D eigenvalue weighted by Gasteiger charge is 2.17. The molecular weight excluding hydrogens is 416 g/mol. The van der Waals surface area contributed by atoms with Crippen LogP contribution in [0.4, 0.5) is 11.4 Å². The van der Waals surface area contributed by atoms with E-state index in [2.05, 4.69) is 20.4 Å². The smallest absolute Gasteiger partial charge is 0.227 e. The van der Waals surface area contributed by atoms with E-state index < -0.39 is 0 Å². The maximum absolute atomic E-state index is 12.6. The number of carbonyl (C=O) groups is 1. The molecular formula is C23H25ClN4O3. The monoisotopic (exact) mass is 440 g/mol. The lowest BCUT2D eigenvalue weighted by Gasteiger charge is -2.30. The third-order valence-electron chi connectivity index (χ3n) is 5.31. The molecule has 0 unspecified atom stereocenters. The lowest BCUT2D eigenvalue weighted by Crippen LogP contribution is -2.30. The summed E-state index contributed by atoms with van der Waals surface area (Å²) in [4.78, 5) is 19.3. The van der Waals surface area contributed by atoms with Crippen LogP contribution in [0.2, 0.25) is 5.02 Å². The maximum atomic E-state index is 12.6. The van der Waals surface area contributed by atoms with Gasteiger partial charge in [-0.3, -0.25) is 4.79 Å². The number of halogens is 1. The molecule has 162 valence electrons. The zero-order valence-electron chi connectivity index (χ0n) is 17.4. The van der Waals surface area contributed by atoms with Gasteiger partial charge >= 0.3 is 0 Å². The normalized spacial score (nSPS) is 13.8. The van der Waals surface area contributed by atoms with Crippen LogP contribution in [0.3, 0.4) is 0 Å². The first-order valence-electron chi connectivity index (χ1n) is 10.4. The molecule has 2 aromatic carbocycles. The average Bonchev–Trinajstić information content (AvgIpc) is 3.28. The first-order valence-corrected chi connectivity index (χ1v) is 10.8. The van der Waals surface area contributed by atoms with Crippen molar-refractivity contribution in [2.45, 2.75) is 32.1 Å². The molecule has 31 heavy (non-hydrogen) atoms. The zero-order chi connectivity index (χ0) is 21.6. The Kier molecular flexibility index (Phi) is 6.72. The minimum atomic E-state index is -0.121. The lowest BCUT2D eigenvalue weighted by atomic mass is 10.1. The van der Waals surface area contributed by atoms with Gasteiger partial charge in [-0.2, -0.15) is 4.98 Å². The number of piperidine rings is 1. The van der Waals surface area contributed by atoms with Gasteiger partial charge in [0, 0.05) is 36.5 Å². The largest absolute Gasteiger partial charge is 0.497 e. The van der Waals surface area contributed by atoms with Gasteiger partial charge in [-0.05, 0) is 61.7 Å². The fourth-order valence-corrected chi connectivity index (χ4v) is 3.84. The van der Waals surface area contributed by atoms with Crippen molar-refractivity contribution in [3.05, 3.63) is 53.4 Å². The van der Waals surface area contributed by atoms with E-state index >= 15 is 0 Å². The lowest BCUT2D eigenvalue weighted by molar-refractivity contribution is -0.116. The van der Waals surface area contributed by atoms with Crippen LogP contribution in [0.25, 0.3) is 11.4 Å². The Morgan fingerprint density at radius 3 is 2.68 bits per heavy atom. The highest BCUT2D eigenvalue weighted by molar-refractivity contribution is 6.31. The number of anilines is 2. The van der Waals surface area contributed by atoms with Crippen LogP contribution in [0.1, 0.15) is 31.6 Å². The van der Waals surface area contributed by atoms with Crippen LogP contribution in [0.5, 0.6) is 5.75 Å². The number of rotatable bonds is 7. The van der Waals surface area contributed by atoms with Gasteiger partial charge in [0.25, 0.3) is 0 Å². The molecule has 3 aromatic rings. The molecule has 4 rings (SSSR count). The van der Waals surface area contributed by atoms with Crippen molar-refractivity contribution in [2.75, 3.05) is 30.4 Å². The Labute approximate surface area is 186 Å². The molecule has 1 fully saturated rings. The van der Waals surface area contributed by atoms with E-state index in [9.17, 15) is 4.79 Å². The minimum Gasteiger partial charge on any atom is -0.497 e. The molecule has 1 amide bonds. The van der Waals surface area contributed by atoms with Gasteiger partial charge in [-0.15, -0.1) is 0 Å². The number of nitrogens with one attached hydrogen (secondary N) is 1. The molecule has 2 heterocycles. The van der Waals surface area contributed by atoms with E-state index in [0.29, 0.717) is 23.2 Å². The van der Waals surface area contributed by atoms with E-state index in [1.165, 1.54) is 6.42 Å². The second-order valence-electron chi connectivity index (χ2n) is 7.50. The Morgan fingerprint density at radius 1 is 1.16 bits per heavy atom. The number of amides is 1. The van der Waals surface area contributed by atoms with Crippen molar-refractivity contribution in [1.82, 2.24) is 10.1 Å². The highest BCUT2D eigenvalue weighted by Crippen LogP contribution is 2.31. The first kappa shape index (κ1) is 21.2. The molecule has 0 atom stereocenters. The predicted octanol–water partition coefficient (Wildman–Crippen LogP) is 4.96. The summed E-state index contributed by atoms with van der Waals surface area (Å²) in [6.45, 7) is 1.97. The van der Waals surface area contributed by atoms with Gasteiger partial charge in [-0.25, -0.2) is 0 Å². The topological polar surface area (TPSA) is 80.5 Å². The number of nitrogens with zero attached hydrogens (tertiary/aromatic N) is 3. The molecule has 1 saturated heterocycles. The number of hydrogen-bond donors (Lipinski definition) is 1. The molecule has 1 aromatic heterocycles. The number of methoxy groups -OCH3 is 1. The van der Waals surface area contributed by atoms with E-state index in [0.717, 1.165) is 48.6 Å². The fourth-order valence-electron chi connectivity index (χ4n) is 3.67. The van der Waals surface area contributed by atoms with E-state index in [-0.39, 0.29) is 12.3 Å². The molecule has 0 saturated carbocycles. The summed E-state index contributed by atoms with van der Waals surface area (Å²) in [5.41, 5.74) is 2.58. The van der Waals surface area contributed by atoms with Gasteiger partial charge in [0.05, 0.1) is 18.5 Å². The van der Waals surface area contributed by atoms with Gasteiger partial charge in [0.1, 0.15) is 5.75 Å². The number of ether oxygens (including phenoxy) is 1. The van der Waals surface area contributed by atoms with E-state index in [1.807, 2.05) is 36.4 Å². The molecule has 1 N–H and O–H groups in total. The van der Waals surface area contributed by atoms with Crippen LogP contribution in [-0.2, 0) is 11.2 Å². The van der Waals surface area contributed by atoms with Gasteiger partial charge in [0.15, 0.2) is 0 Å². The molecule has 8 heteroatoms. The summed E-state index contributed by atoms with van der Waals surface area (Å²) < 4.78 is 10.5. The summed E-state index contributed by atoms with van der Waals surface area (Å²) in [6, 6.07) is 13.0. The van der Waals surface area contributed by atoms with Gasteiger partial charge in [-0.1, -0.05) is 16.8 Å². The summed E-state index contributed by atoms with van der Waals surface area (Å²) in [5, 5.41) is 7.60. The first-order chi connectivity index (χ1) is 15.1. The summed E-state index contributed by atoms with van der Waals surface area (Å²) in [5.74, 6) is 1.54. The van der Waals surface area contributed by atoms with Crippen LogP contribution in [0, 0.1) is 0 Å². The van der Waals surface area contributed by atoms with Crippen LogP contribution < -0.4 is 15.0 Å². The van der Waals surface area contributed by atoms with Crippen LogP contribution in [-0.4, -0.2) is 36.2 Å². The van der Waals surface area contributed by atoms with E-state index in [4.69, 9.17) is 20.9 Å². The highest BCUT2D eigenvalue weighted by atomic mass is 35.5. The van der Waals surface area contributed by atoms with E-state index in [1.54, 1.807) is 13.2 Å². The third kappa shape index (κ3) is 5.35. The standard InChI is InChI=1S/C23H25ClN4O3/c1-30-18-8-5-16(6-9-18)23-26-22(31-27-23)12-11-21(29)25-19-15-17(24)7-10-20(19)28-13-3-2-4-14-28/h5-10,15H,2-4,11-14H2,1H3,(H,25,29). The van der Waals surface area contributed by atoms with Crippen molar-refractivity contribution >= 4 is 28.9 Å². The molecule has 1 aliphatic heterocycles. The fraction of sp³-hybridized carbons (Fsp3) is 0.348. The summed E-state index contributed by atoms with van der Waals surface area (Å²) >= 11 is 6.18. The molecule has 0 bridgehead atoms. The molecule has 0 aliphatic carbocycles. The predicted molar refractivity (Wildman–Crippen MR) is 121 cm³/mol. The summed E-state index contributed by atoms with van der Waals surface area (Å²) in [6.07, 6.45) is 4.15. The number of carbonyl (C=O) groups excluding carboxylic acids is 1. The Balaban J connectivity index is 1.37. The Hall–Kier alpha value is -3.06. The number of hydrogen-bond acceptors (Lipinski definition) is 6. The maximum Gasteiger partial charge on any atom is 0.227 e. The average molecular weight is 441 g/mol. The van der Waals surface area contributed by atoms with Crippen molar-refractivity contribution in [1.29, 1.82) is 0 Å². The SMILES string of the molecule is COc1ccc(-c2noc(CCC(=O)Nc3cc(Cl)ccc3N3CCCCC3)n2)cc1. The van der Waals surface area contributed by atoms with Gasteiger partial charge in [0.2, 0.25) is 17.6 Å². The minimum absolute atomic E-state index is 0.121. The number of aromatic nitrogens is 2. The van der Waals surface area contributed by atoms with Crippen LogP contribution in [0.15, 0.2) is 47.0 Å². The Bertz CT molecular complexity index is 1030. The quantitative estimate of drug-likeness (QED) is 0.559. The number of benzene rings is 2. The molecule has 0 spiro atoms. The van der Waals surface area contributed by atoms with Crippen LogP contribution >= 0.6 is 11.6 Å². The molecule has 1 aliphatic rings. The Morgan fingerprint density at radius 2 is 1.94 bits per heavy atom. The van der Waals surface area contributed by atoms with Crippen molar-refractivity contribution in [2.24, 2.45) is 0 Å². The molecule has 0 radical (unpaired) electrons. The summed E-state index contributed by atoms with van der Waals surface area (Å²) in [7, 11) is 1.62. The van der Waals surface area contributed by atoms with Crippen molar-refractivity contribution in [3.8, 4) is 17.1 Å². The zero-order valence-corrected chi connectivity index (χ0v) is 18.2. The van der Waals surface area contributed by atoms with Gasteiger partial charge < -0.3 is 19.5 Å². The van der Waals surface area contributed by atoms with Crippen molar-refractivity contribution < 1.29 is 14.1 Å². The second-order valence-corrected chi connectivity index (χ2v) is 7.93. The third-order valence-corrected chi connectivity index (χ3v) is 5.55. The number of aryl methyl sites for hydroxylation is 1. The van der Waals surface area contributed by atoms with Crippen molar-refractivity contribution in [3.63, 3.8) is 0 Å². The molecule has 7 nitrogen and oxygen atoms in total. The second kappa shape index (κ2) is 9.83.